The van der Waals surface area contributed by atoms with E-state index >= 15 is 0 Å². The highest BCUT2D eigenvalue weighted by Gasteiger charge is 2.26. The predicted molar refractivity (Wildman–Crippen MR) is 65.4 cm³/mol. The van der Waals surface area contributed by atoms with Crippen LogP contribution in [-0.4, -0.2) is 33.7 Å². The van der Waals surface area contributed by atoms with Crippen LogP contribution in [0.2, 0.25) is 0 Å². The predicted octanol–water partition coefficient (Wildman–Crippen LogP) is 1.25. The van der Waals surface area contributed by atoms with Crippen LogP contribution in [0.1, 0.15) is 20.8 Å². The number of anilines is 1. The van der Waals surface area contributed by atoms with E-state index in [0.717, 1.165) is 30.1 Å². The Hall–Kier alpha value is -1.07. The van der Waals surface area contributed by atoms with E-state index in [-0.39, 0.29) is 5.97 Å². The molecule has 5 heteroatoms. The summed E-state index contributed by atoms with van der Waals surface area (Å²) in [6.45, 7) is 1.79. The molecular weight excluding hydrogens is 224 g/mol. The number of ether oxygens (including phenoxy) is 1. The molecule has 0 amide bonds. The Kier molecular flexibility index (Phi) is 3.16. The van der Waals surface area contributed by atoms with Crippen molar-refractivity contribution in [2.75, 3.05) is 32.6 Å². The summed E-state index contributed by atoms with van der Waals surface area (Å²) in [5.41, 5.74) is 1.92. The highest BCUT2D eigenvalue weighted by atomic mass is 32.1. The third-order valence-electron chi connectivity index (χ3n) is 2.71. The summed E-state index contributed by atoms with van der Waals surface area (Å²) >= 11 is 1.68. The maximum Gasteiger partial charge on any atom is 0.341 e. The Morgan fingerprint density at radius 2 is 2.25 bits per heavy atom. The van der Waals surface area contributed by atoms with E-state index in [2.05, 4.69) is 5.32 Å². The zero-order valence-electron chi connectivity index (χ0n) is 9.79. The summed E-state index contributed by atoms with van der Waals surface area (Å²) in [6, 6.07) is 0. The van der Waals surface area contributed by atoms with Crippen LogP contribution in [-0.2, 0) is 17.7 Å². The molecule has 0 atom stereocenters. The van der Waals surface area contributed by atoms with Gasteiger partial charge in [-0.15, -0.1) is 11.3 Å². The number of rotatable bonds is 2. The molecule has 0 fully saturated rings. The zero-order valence-corrected chi connectivity index (χ0v) is 10.6. The van der Waals surface area contributed by atoms with Gasteiger partial charge < -0.3 is 15.0 Å². The summed E-state index contributed by atoms with van der Waals surface area (Å²) in [6.07, 6.45) is 0.907. The van der Waals surface area contributed by atoms with E-state index in [1.807, 2.05) is 19.0 Å². The number of nitrogens with zero attached hydrogens (tertiary/aromatic N) is 1. The molecule has 0 saturated heterocycles. The molecule has 1 aliphatic rings. The van der Waals surface area contributed by atoms with Crippen LogP contribution in [0.25, 0.3) is 0 Å². The topological polar surface area (TPSA) is 41.6 Å². The first-order chi connectivity index (χ1) is 7.65. The van der Waals surface area contributed by atoms with Gasteiger partial charge >= 0.3 is 5.97 Å². The minimum absolute atomic E-state index is 0.219. The van der Waals surface area contributed by atoms with E-state index in [0.29, 0.717) is 0 Å². The Morgan fingerprint density at radius 3 is 2.88 bits per heavy atom. The number of carbonyl (C=O) groups is 1. The van der Waals surface area contributed by atoms with Crippen molar-refractivity contribution >= 4 is 22.3 Å². The first kappa shape index (κ1) is 11.4. The van der Waals surface area contributed by atoms with E-state index in [1.165, 1.54) is 17.6 Å². The first-order valence-corrected chi connectivity index (χ1v) is 6.07. The minimum Gasteiger partial charge on any atom is -0.465 e. The number of hydrogen-bond acceptors (Lipinski definition) is 5. The highest BCUT2D eigenvalue weighted by Crippen LogP contribution is 2.37. The van der Waals surface area contributed by atoms with Crippen molar-refractivity contribution in [3.63, 3.8) is 0 Å². The molecule has 1 aromatic rings. The molecule has 0 aromatic carbocycles. The van der Waals surface area contributed by atoms with Gasteiger partial charge in [0.2, 0.25) is 0 Å². The van der Waals surface area contributed by atoms with Crippen LogP contribution < -0.4 is 10.2 Å². The number of esters is 1. The van der Waals surface area contributed by atoms with Gasteiger partial charge in [0, 0.05) is 25.5 Å². The second-order valence-corrected chi connectivity index (χ2v) is 5.08. The lowest BCUT2D eigenvalue weighted by molar-refractivity contribution is 0.0600. The zero-order chi connectivity index (χ0) is 11.7. The van der Waals surface area contributed by atoms with Gasteiger partial charge in [-0.3, -0.25) is 0 Å². The normalized spacial score (nSPS) is 14.4. The van der Waals surface area contributed by atoms with Crippen molar-refractivity contribution in [1.82, 2.24) is 5.32 Å². The molecule has 0 spiro atoms. The van der Waals surface area contributed by atoms with E-state index in [9.17, 15) is 4.79 Å². The van der Waals surface area contributed by atoms with Gasteiger partial charge in [0.05, 0.1) is 12.7 Å². The Labute approximate surface area is 99.2 Å². The van der Waals surface area contributed by atoms with Crippen molar-refractivity contribution in [3.05, 3.63) is 16.0 Å². The number of fused-ring (bicyclic) bond motifs is 1. The molecule has 0 unspecified atom stereocenters. The largest absolute Gasteiger partial charge is 0.465 e. The fourth-order valence-electron chi connectivity index (χ4n) is 1.95. The van der Waals surface area contributed by atoms with Gasteiger partial charge in [-0.05, 0) is 18.5 Å². The van der Waals surface area contributed by atoms with Crippen LogP contribution in [0.4, 0.5) is 5.00 Å². The van der Waals surface area contributed by atoms with Gasteiger partial charge in [0.15, 0.2) is 0 Å². The molecule has 1 aromatic heterocycles. The molecule has 0 aliphatic carbocycles. The molecular formula is C11H16N2O2S. The van der Waals surface area contributed by atoms with E-state index in [4.69, 9.17) is 4.74 Å². The summed E-state index contributed by atoms with van der Waals surface area (Å²) < 4.78 is 4.87. The number of methoxy groups -OCH3 is 1. The Bertz CT molecular complexity index is 412. The van der Waals surface area contributed by atoms with Crippen LogP contribution in [0.15, 0.2) is 0 Å². The maximum absolute atomic E-state index is 11.8. The molecule has 16 heavy (non-hydrogen) atoms. The average Bonchev–Trinajstić information content (AvgIpc) is 2.67. The fourth-order valence-corrected chi connectivity index (χ4v) is 3.17. The second kappa shape index (κ2) is 4.43. The maximum atomic E-state index is 11.8. The monoisotopic (exact) mass is 240 g/mol. The van der Waals surface area contributed by atoms with Crippen molar-refractivity contribution < 1.29 is 9.53 Å². The summed E-state index contributed by atoms with van der Waals surface area (Å²) in [5.74, 6) is -0.219. The van der Waals surface area contributed by atoms with E-state index < -0.39 is 0 Å². The van der Waals surface area contributed by atoms with Crippen molar-refractivity contribution in [2.45, 2.75) is 13.0 Å². The third-order valence-corrected chi connectivity index (χ3v) is 4.10. The van der Waals surface area contributed by atoms with Gasteiger partial charge in [-0.2, -0.15) is 0 Å². The van der Waals surface area contributed by atoms with Crippen LogP contribution >= 0.6 is 11.3 Å². The van der Waals surface area contributed by atoms with Crippen molar-refractivity contribution in [2.24, 2.45) is 0 Å². The summed E-state index contributed by atoms with van der Waals surface area (Å²) in [4.78, 5) is 15.1. The molecule has 0 bridgehead atoms. The lowest BCUT2D eigenvalue weighted by atomic mass is 10.0. The Morgan fingerprint density at radius 1 is 1.50 bits per heavy atom. The average molecular weight is 240 g/mol. The van der Waals surface area contributed by atoms with Gasteiger partial charge in [-0.1, -0.05) is 0 Å². The molecule has 1 N–H and O–H groups in total. The third kappa shape index (κ3) is 1.81. The smallest absolute Gasteiger partial charge is 0.341 e. The van der Waals surface area contributed by atoms with Gasteiger partial charge in [0.1, 0.15) is 5.00 Å². The molecule has 2 rings (SSSR count). The molecule has 0 radical (unpaired) electrons. The molecule has 0 saturated carbocycles. The molecule has 2 heterocycles. The lowest BCUT2D eigenvalue weighted by Gasteiger charge is -2.14. The van der Waals surface area contributed by atoms with Crippen LogP contribution in [0.3, 0.4) is 0 Å². The molecule has 1 aliphatic heterocycles. The quantitative estimate of drug-likeness (QED) is 0.790. The number of carbonyl (C=O) groups excluding carboxylic acids is 1. The highest BCUT2D eigenvalue weighted by molar-refractivity contribution is 7.16. The lowest BCUT2D eigenvalue weighted by Crippen LogP contribution is -2.23. The van der Waals surface area contributed by atoms with Crippen molar-refractivity contribution in [3.8, 4) is 0 Å². The molecule has 88 valence electrons. The van der Waals surface area contributed by atoms with Gasteiger partial charge in [0.25, 0.3) is 0 Å². The molecule has 4 nitrogen and oxygen atoms in total. The fraction of sp³-hybridized carbons (Fsp3) is 0.545. The number of thiophene rings is 1. The standard InChI is InChI=1S/C11H16N2O2S/c1-13(2)10-9(11(14)15-3)7-4-5-12-6-8(7)16-10/h12H,4-6H2,1-3H3. The van der Waals surface area contributed by atoms with Crippen LogP contribution in [0.5, 0.6) is 0 Å². The van der Waals surface area contributed by atoms with E-state index in [1.54, 1.807) is 11.3 Å². The number of nitrogens with one attached hydrogen (secondary N) is 1. The minimum atomic E-state index is -0.219. The Balaban J connectivity index is 2.52. The van der Waals surface area contributed by atoms with Crippen molar-refractivity contribution in [1.29, 1.82) is 0 Å². The number of hydrogen-bond donors (Lipinski definition) is 1. The van der Waals surface area contributed by atoms with Crippen LogP contribution in [0, 0.1) is 0 Å². The summed E-state index contributed by atoms with van der Waals surface area (Å²) in [7, 11) is 5.35. The first-order valence-electron chi connectivity index (χ1n) is 5.26. The second-order valence-electron chi connectivity index (χ2n) is 4.00. The van der Waals surface area contributed by atoms with Gasteiger partial charge in [-0.25, -0.2) is 4.79 Å². The summed E-state index contributed by atoms with van der Waals surface area (Å²) in [5, 5.41) is 4.32. The SMILES string of the molecule is COC(=O)c1c(N(C)C)sc2c1CCNC2.